The minimum Gasteiger partial charge on any atom is -0.339 e. The second-order valence-corrected chi connectivity index (χ2v) is 9.39. The number of hydrogen-bond acceptors (Lipinski definition) is 6. The van der Waals surface area contributed by atoms with E-state index < -0.39 is 20.8 Å². The molecule has 148 valence electrons. The molecule has 0 bridgehead atoms. The molecular weight excluding hydrogens is 354 g/mol. The van der Waals surface area contributed by atoms with Crippen molar-refractivity contribution in [2.45, 2.75) is 83.4 Å². The minimum atomic E-state index is -3.70. The van der Waals surface area contributed by atoms with Gasteiger partial charge in [-0.05, 0) is 33.1 Å². The van der Waals surface area contributed by atoms with Crippen LogP contribution in [0.3, 0.4) is 0 Å². The molecule has 0 N–H and O–H groups in total. The summed E-state index contributed by atoms with van der Waals surface area (Å²) in [4.78, 5) is 18.6. The number of amides is 1. The summed E-state index contributed by atoms with van der Waals surface area (Å²) in [6.45, 7) is 6.01. The van der Waals surface area contributed by atoms with E-state index in [1.54, 1.807) is 4.90 Å². The molecule has 26 heavy (non-hydrogen) atoms. The average molecular weight is 386 g/mol. The largest absolute Gasteiger partial charge is 0.339 e. The van der Waals surface area contributed by atoms with Crippen LogP contribution in [0.2, 0.25) is 0 Å². The summed E-state index contributed by atoms with van der Waals surface area (Å²) in [7, 11) is -3.70. The molecule has 0 saturated heterocycles. The first kappa shape index (κ1) is 20.9. The van der Waals surface area contributed by atoms with Gasteiger partial charge in [0.05, 0.1) is 0 Å². The normalized spacial score (nSPS) is 17.2. The Hall–Kier alpha value is -1.44. The predicted octanol–water partition coefficient (Wildman–Crippen LogP) is 3.07. The van der Waals surface area contributed by atoms with Gasteiger partial charge in [-0.15, -0.1) is 0 Å². The van der Waals surface area contributed by atoms with E-state index in [2.05, 4.69) is 17.1 Å². The zero-order valence-corrected chi connectivity index (χ0v) is 16.9. The number of hydrogen-bond donors (Lipinski definition) is 0. The van der Waals surface area contributed by atoms with Crippen LogP contribution in [-0.4, -0.2) is 47.7 Å². The summed E-state index contributed by atoms with van der Waals surface area (Å²) in [5.41, 5.74) is 0. The second-order valence-electron chi connectivity index (χ2n) is 7.07. The van der Waals surface area contributed by atoms with Gasteiger partial charge in [-0.2, -0.15) is 4.98 Å². The quantitative estimate of drug-likeness (QED) is 0.648. The highest BCUT2D eigenvalue weighted by molar-refractivity contribution is 7.92. The maximum Gasteiger partial charge on any atom is 0.244 e. The molecule has 2 rings (SSSR count). The molecule has 1 aromatic heterocycles. The highest BCUT2D eigenvalue weighted by Gasteiger charge is 2.33. The highest BCUT2D eigenvalue weighted by atomic mass is 32.2. The van der Waals surface area contributed by atoms with E-state index in [9.17, 15) is 13.2 Å². The third-order valence-electron chi connectivity index (χ3n) is 5.13. The molecule has 1 aliphatic rings. The Balaban J connectivity index is 2.03. The van der Waals surface area contributed by atoms with E-state index in [0.29, 0.717) is 18.8 Å². The topological polar surface area (TPSA) is 93.4 Å². The van der Waals surface area contributed by atoms with Gasteiger partial charge in [0, 0.05) is 19.0 Å². The fraction of sp³-hybridized carbons (Fsp3) is 0.833. The summed E-state index contributed by atoms with van der Waals surface area (Å²) in [5, 5.41) is 2.87. The van der Waals surface area contributed by atoms with Crippen LogP contribution in [0, 0.1) is 0 Å². The van der Waals surface area contributed by atoms with E-state index >= 15 is 0 Å². The molecule has 7 nitrogen and oxygen atoms in total. The lowest BCUT2D eigenvalue weighted by molar-refractivity contribution is -0.131. The summed E-state index contributed by atoms with van der Waals surface area (Å²) in [6.07, 6.45) is 7.89. The highest BCUT2D eigenvalue weighted by Crippen LogP contribution is 2.25. The van der Waals surface area contributed by atoms with Crippen molar-refractivity contribution in [1.82, 2.24) is 15.0 Å². The molecule has 1 heterocycles. The first-order valence-corrected chi connectivity index (χ1v) is 11.4. The van der Waals surface area contributed by atoms with Crippen molar-refractivity contribution < 1.29 is 17.7 Å². The Morgan fingerprint density at radius 3 is 2.58 bits per heavy atom. The number of sulfone groups is 1. The van der Waals surface area contributed by atoms with Gasteiger partial charge in [-0.3, -0.25) is 4.79 Å². The van der Waals surface area contributed by atoms with Crippen LogP contribution >= 0.6 is 0 Å². The predicted molar refractivity (Wildman–Crippen MR) is 99.4 cm³/mol. The SMILES string of the molecule is CCCCc1noc(C(C)S(=O)(=O)CC(=O)N(CC)C2CCCCC2)n1. The number of aromatic nitrogens is 2. The number of rotatable bonds is 9. The lowest BCUT2D eigenvalue weighted by Gasteiger charge is -2.33. The van der Waals surface area contributed by atoms with Crippen LogP contribution in [-0.2, 0) is 21.1 Å². The molecule has 1 aliphatic carbocycles. The smallest absolute Gasteiger partial charge is 0.244 e. The fourth-order valence-corrected chi connectivity index (χ4v) is 4.60. The van der Waals surface area contributed by atoms with E-state index in [4.69, 9.17) is 4.52 Å². The van der Waals surface area contributed by atoms with E-state index in [1.807, 2.05) is 6.92 Å². The Kier molecular flexibility index (Phi) is 7.61. The van der Waals surface area contributed by atoms with Crippen LogP contribution in [0.4, 0.5) is 0 Å². The Labute approximate surface area is 156 Å². The Bertz CT molecular complexity index is 680. The van der Waals surface area contributed by atoms with Gasteiger partial charge >= 0.3 is 0 Å². The maximum absolute atomic E-state index is 12.7. The van der Waals surface area contributed by atoms with E-state index in [0.717, 1.165) is 38.5 Å². The van der Waals surface area contributed by atoms with Gasteiger partial charge in [0.15, 0.2) is 15.7 Å². The van der Waals surface area contributed by atoms with Crippen LogP contribution in [0.15, 0.2) is 4.52 Å². The monoisotopic (exact) mass is 385 g/mol. The van der Waals surface area contributed by atoms with Crippen LogP contribution in [0.1, 0.15) is 82.7 Å². The van der Waals surface area contributed by atoms with Crippen molar-refractivity contribution in [2.75, 3.05) is 12.3 Å². The second kappa shape index (κ2) is 9.48. The number of nitrogens with zero attached hydrogens (tertiary/aromatic N) is 3. The maximum atomic E-state index is 12.7. The number of aryl methyl sites for hydroxylation is 1. The number of unbranched alkanes of at least 4 members (excludes halogenated alkanes) is 1. The summed E-state index contributed by atoms with van der Waals surface area (Å²) >= 11 is 0. The van der Waals surface area contributed by atoms with Gasteiger partial charge in [0.1, 0.15) is 11.0 Å². The lowest BCUT2D eigenvalue weighted by Crippen LogP contribution is -2.44. The van der Waals surface area contributed by atoms with Crippen LogP contribution in [0.25, 0.3) is 0 Å². The minimum absolute atomic E-state index is 0.0737. The molecule has 1 saturated carbocycles. The molecule has 8 heteroatoms. The van der Waals surface area contributed by atoms with Crippen molar-refractivity contribution >= 4 is 15.7 Å². The van der Waals surface area contributed by atoms with Crippen LogP contribution < -0.4 is 0 Å². The van der Waals surface area contributed by atoms with Gasteiger partial charge in [0.2, 0.25) is 11.8 Å². The van der Waals surface area contributed by atoms with E-state index in [-0.39, 0.29) is 17.8 Å². The molecule has 1 fully saturated rings. The van der Waals surface area contributed by atoms with Gasteiger partial charge < -0.3 is 9.42 Å². The Morgan fingerprint density at radius 2 is 1.96 bits per heavy atom. The standard InChI is InChI=1S/C18H31N3O4S/c1-4-6-12-16-19-18(25-20-16)14(3)26(23,24)13-17(22)21(5-2)15-10-8-7-9-11-15/h14-15H,4-13H2,1-3H3. The third kappa shape index (κ3) is 5.28. The van der Waals surface area contributed by atoms with Crippen molar-refractivity contribution in [3.05, 3.63) is 11.7 Å². The van der Waals surface area contributed by atoms with Crippen molar-refractivity contribution in [1.29, 1.82) is 0 Å². The molecule has 1 aromatic rings. The summed E-state index contributed by atoms with van der Waals surface area (Å²) in [5.74, 6) is -0.236. The van der Waals surface area contributed by atoms with Gasteiger partial charge in [-0.1, -0.05) is 37.8 Å². The lowest BCUT2D eigenvalue weighted by atomic mass is 9.94. The third-order valence-corrected chi connectivity index (χ3v) is 7.05. The molecule has 0 aliphatic heterocycles. The number of carbonyl (C=O) groups excluding carboxylic acids is 1. The molecule has 1 amide bonds. The molecule has 0 radical (unpaired) electrons. The molecular formula is C18H31N3O4S. The van der Waals surface area contributed by atoms with Crippen molar-refractivity contribution in [3.63, 3.8) is 0 Å². The summed E-state index contributed by atoms with van der Waals surface area (Å²) < 4.78 is 30.5. The van der Waals surface area contributed by atoms with Crippen LogP contribution in [0.5, 0.6) is 0 Å². The van der Waals surface area contributed by atoms with Crippen molar-refractivity contribution in [3.8, 4) is 0 Å². The first-order valence-electron chi connectivity index (χ1n) is 9.72. The van der Waals surface area contributed by atoms with Gasteiger partial charge in [0.25, 0.3) is 0 Å². The first-order chi connectivity index (χ1) is 12.4. The molecule has 0 spiro atoms. The van der Waals surface area contributed by atoms with Gasteiger partial charge in [-0.25, -0.2) is 8.42 Å². The summed E-state index contributed by atoms with van der Waals surface area (Å²) in [6, 6.07) is 0.163. The fourth-order valence-electron chi connectivity index (χ4n) is 3.43. The Morgan fingerprint density at radius 1 is 1.27 bits per heavy atom. The zero-order chi connectivity index (χ0) is 19.2. The molecule has 1 atom stereocenters. The average Bonchev–Trinajstić information content (AvgIpc) is 3.09. The molecule has 0 aromatic carbocycles. The van der Waals surface area contributed by atoms with E-state index in [1.165, 1.54) is 13.3 Å². The number of carbonyl (C=O) groups is 1. The molecule has 1 unspecified atom stereocenters. The van der Waals surface area contributed by atoms with Crippen molar-refractivity contribution in [2.24, 2.45) is 0 Å². The zero-order valence-electron chi connectivity index (χ0n) is 16.1.